The molecule has 0 saturated heterocycles. The lowest BCUT2D eigenvalue weighted by Gasteiger charge is -2.33. The standard InChI is InChI=1S/C26H26N2O2/c1-17-15-26(2,3)28-21-14-13-20(19-11-7-8-12-22(19)29)24(23(17)21)25(30)27-16-18-9-5-4-6-10-18/h4-15,28-29H,16H2,1-3H3,(H,27,30). The number of amides is 1. The van der Waals surface area contributed by atoms with Gasteiger partial charge in [-0.1, -0.05) is 60.7 Å². The smallest absolute Gasteiger partial charge is 0.252 e. The van der Waals surface area contributed by atoms with Crippen LogP contribution in [0, 0.1) is 0 Å². The summed E-state index contributed by atoms with van der Waals surface area (Å²) in [4.78, 5) is 13.5. The summed E-state index contributed by atoms with van der Waals surface area (Å²) in [6.45, 7) is 6.67. The van der Waals surface area contributed by atoms with Crippen LogP contribution < -0.4 is 10.6 Å². The summed E-state index contributed by atoms with van der Waals surface area (Å²) in [5.41, 5.74) is 5.59. The molecule has 1 aliphatic rings. The monoisotopic (exact) mass is 398 g/mol. The van der Waals surface area contributed by atoms with Crippen molar-refractivity contribution in [2.24, 2.45) is 0 Å². The van der Waals surface area contributed by atoms with Gasteiger partial charge >= 0.3 is 0 Å². The third-order valence-corrected chi connectivity index (χ3v) is 5.35. The van der Waals surface area contributed by atoms with Crippen molar-refractivity contribution in [1.82, 2.24) is 5.32 Å². The van der Waals surface area contributed by atoms with Gasteiger partial charge in [0.2, 0.25) is 0 Å². The van der Waals surface area contributed by atoms with E-state index in [0.717, 1.165) is 22.4 Å². The Morgan fingerprint density at radius 3 is 2.40 bits per heavy atom. The van der Waals surface area contributed by atoms with Crippen molar-refractivity contribution in [2.45, 2.75) is 32.9 Å². The first-order chi connectivity index (χ1) is 14.4. The summed E-state index contributed by atoms with van der Waals surface area (Å²) in [7, 11) is 0. The van der Waals surface area contributed by atoms with Crippen LogP contribution in [0.25, 0.3) is 16.7 Å². The third-order valence-electron chi connectivity index (χ3n) is 5.35. The van der Waals surface area contributed by atoms with Gasteiger partial charge in [-0.2, -0.15) is 0 Å². The Bertz CT molecular complexity index is 1130. The molecular formula is C26H26N2O2. The molecule has 0 fully saturated rings. The quantitative estimate of drug-likeness (QED) is 0.536. The molecule has 0 aromatic heterocycles. The minimum atomic E-state index is -0.203. The lowest BCUT2D eigenvalue weighted by atomic mass is 9.84. The molecule has 0 unspecified atom stereocenters. The maximum Gasteiger partial charge on any atom is 0.252 e. The number of nitrogens with one attached hydrogen (secondary N) is 2. The average Bonchev–Trinajstić information content (AvgIpc) is 2.71. The molecule has 1 aliphatic heterocycles. The van der Waals surface area contributed by atoms with Gasteiger partial charge in [0.15, 0.2) is 0 Å². The number of carbonyl (C=O) groups is 1. The van der Waals surface area contributed by atoms with E-state index < -0.39 is 0 Å². The first-order valence-electron chi connectivity index (χ1n) is 10.1. The van der Waals surface area contributed by atoms with Gasteiger partial charge in [-0.3, -0.25) is 4.79 Å². The number of aromatic hydroxyl groups is 1. The number of rotatable bonds is 4. The number of phenolic OH excluding ortho intramolecular Hbond substituents is 1. The van der Waals surface area contributed by atoms with Gasteiger partial charge in [0.05, 0.1) is 11.1 Å². The number of fused-ring (bicyclic) bond motifs is 1. The fraction of sp³-hybridized carbons (Fsp3) is 0.192. The Morgan fingerprint density at radius 2 is 1.67 bits per heavy atom. The molecule has 0 radical (unpaired) electrons. The summed E-state index contributed by atoms with van der Waals surface area (Å²) in [5, 5.41) is 17.0. The predicted molar refractivity (Wildman–Crippen MR) is 123 cm³/mol. The molecule has 4 nitrogen and oxygen atoms in total. The van der Waals surface area contributed by atoms with E-state index in [9.17, 15) is 9.90 Å². The maximum atomic E-state index is 13.5. The van der Waals surface area contributed by atoms with Gasteiger partial charge in [-0.15, -0.1) is 0 Å². The first-order valence-corrected chi connectivity index (χ1v) is 10.1. The van der Waals surface area contributed by atoms with Crippen LogP contribution in [-0.2, 0) is 6.54 Å². The lowest BCUT2D eigenvalue weighted by molar-refractivity contribution is 0.0951. The molecule has 0 bridgehead atoms. The Hall–Kier alpha value is -3.53. The number of allylic oxidation sites excluding steroid dienone is 1. The van der Waals surface area contributed by atoms with Crippen molar-refractivity contribution in [3.05, 3.63) is 89.5 Å². The summed E-state index contributed by atoms with van der Waals surface area (Å²) < 4.78 is 0. The molecule has 30 heavy (non-hydrogen) atoms. The van der Waals surface area contributed by atoms with Crippen molar-refractivity contribution in [2.75, 3.05) is 5.32 Å². The molecule has 3 N–H and O–H groups in total. The van der Waals surface area contributed by atoms with Gasteiger partial charge in [0.25, 0.3) is 5.91 Å². The van der Waals surface area contributed by atoms with E-state index >= 15 is 0 Å². The van der Waals surface area contributed by atoms with Crippen LogP contribution in [-0.4, -0.2) is 16.6 Å². The zero-order valence-corrected chi connectivity index (χ0v) is 17.5. The van der Waals surface area contributed by atoms with Crippen LogP contribution in [0.15, 0.2) is 72.8 Å². The van der Waals surface area contributed by atoms with E-state index in [4.69, 9.17) is 0 Å². The zero-order chi connectivity index (χ0) is 21.3. The van der Waals surface area contributed by atoms with Crippen molar-refractivity contribution in [3.8, 4) is 16.9 Å². The number of hydrogen-bond donors (Lipinski definition) is 3. The van der Waals surface area contributed by atoms with Gasteiger partial charge in [0, 0.05) is 23.4 Å². The van der Waals surface area contributed by atoms with E-state index in [1.165, 1.54) is 0 Å². The van der Waals surface area contributed by atoms with Crippen LogP contribution in [0.1, 0.15) is 42.3 Å². The molecule has 1 heterocycles. The molecule has 4 heteroatoms. The summed E-state index contributed by atoms with van der Waals surface area (Å²) in [6.07, 6.45) is 2.14. The topological polar surface area (TPSA) is 61.4 Å². The van der Waals surface area contributed by atoms with E-state index in [0.29, 0.717) is 23.2 Å². The van der Waals surface area contributed by atoms with Crippen LogP contribution >= 0.6 is 0 Å². The SMILES string of the molecule is CC1=CC(C)(C)Nc2ccc(-c3ccccc3O)c(C(=O)NCc3ccccc3)c21. The number of carbonyl (C=O) groups excluding carboxylic acids is 1. The molecule has 0 spiro atoms. The summed E-state index contributed by atoms with van der Waals surface area (Å²) in [6, 6.07) is 20.9. The largest absolute Gasteiger partial charge is 0.507 e. The minimum Gasteiger partial charge on any atom is -0.507 e. The third kappa shape index (κ3) is 3.81. The van der Waals surface area contributed by atoms with Crippen LogP contribution in [0.2, 0.25) is 0 Å². The van der Waals surface area contributed by atoms with Crippen molar-refractivity contribution >= 4 is 17.2 Å². The highest BCUT2D eigenvalue weighted by Gasteiger charge is 2.29. The van der Waals surface area contributed by atoms with Crippen molar-refractivity contribution in [3.63, 3.8) is 0 Å². The molecule has 0 aliphatic carbocycles. The first kappa shape index (κ1) is 19.8. The van der Waals surface area contributed by atoms with Gasteiger partial charge < -0.3 is 15.7 Å². The average molecular weight is 399 g/mol. The number of para-hydroxylation sites is 1. The number of benzene rings is 3. The second-order valence-corrected chi connectivity index (χ2v) is 8.27. The lowest BCUT2D eigenvalue weighted by Crippen LogP contribution is -2.33. The maximum absolute atomic E-state index is 13.5. The molecular weight excluding hydrogens is 372 g/mol. The van der Waals surface area contributed by atoms with E-state index in [1.807, 2.05) is 61.5 Å². The van der Waals surface area contributed by atoms with Gasteiger partial charge in [-0.25, -0.2) is 0 Å². The zero-order valence-electron chi connectivity index (χ0n) is 17.5. The highest BCUT2D eigenvalue weighted by atomic mass is 16.3. The minimum absolute atomic E-state index is 0.153. The Labute approximate surface area is 177 Å². The Balaban J connectivity index is 1.83. The molecule has 152 valence electrons. The number of anilines is 1. The Kier molecular flexibility index (Phi) is 5.08. The van der Waals surface area contributed by atoms with Crippen molar-refractivity contribution in [1.29, 1.82) is 0 Å². The highest BCUT2D eigenvalue weighted by molar-refractivity contribution is 6.08. The molecule has 3 aromatic carbocycles. The number of phenols is 1. The fourth-order valence-corrected chi connectivity index (χ4v) is 4.14. The van der Waals surface area contributed by atoms with Crippen LogP contribution in [0.3, 0.4) is 0 Å². The van der Waals surface area contributed by atoms with E-state index in [2.05, 4.69) is 30.6 Å². The van der Waals surface area contributed by atoms with Crippen LogP contribution in [0.5, 0.6) is 5.75 Å². The second kappa shape index (κ2) is 7.71. The van der Waals surface area contributed by atoms with Gasteiger partial charge in [-0.05, 0) is 49.6 Å². The highest BCUT2D eigenvalue weighted by Crippen LogP contribution is 2.42. The molecule has 0 saturated carbocycles. The Morgan fingerprint density at radius 1 is 0.967 bits per heavy atom. The van der Waals surface area contributed by atoms with Gasteiger partial charge in [0.1, 0.15) is 5.75 Å². The molecule has 0 atom stereocenters. The fourth-order valence-electron chi connectivity index (χ4n) is 4.14. The normalized spacial score (nSPS) is 14.3. The van der Waals surface area contributed by atoms with E-state index in [-0.39, 0.29) is 17.2 Å². The summed E-state index contributed by atoms with van der Waals surface area (Å²) in [5.74, 6) is -0.0106. The molecule has 3 aromatic rings. The van der Waals surface area contributed by atoms with Crippen LogP contribution in [0.4, 0.5) is 5.69 Å². The molecule has 1 amide bonds. The predicted octanol–water partition coefficient (Wildman–Crippen LogP) is 5.60. The molecule has 4 rings (SSSR count). The van der Waals surface area contributed by atoms with Crippen molar-refractivity contribution < 1.29 is 9.90 Å². The van der Waals surface area contributed by atoms with E-state index in [1.54, 1.807) is 12.1 Å². The second-order valence-electron chi connectivity index (χ2n) is 8.27. The summed E-state index contributed by atoms with van der Waals surface area (Å²) >= 11 is 0. The number of hydrogen-bond acceptors (Lipinski definition) is 3.